The molecule has 172 valence electrons. The molecule has 30 heavy (non-hydrogen) atoms. The molecule has 0 spiro atoms. The van der Waals surface area contributed by atoms with Gasteiger partial charge in [-0.1, -0.05) is 13.8 Å². The molecule has 1 saturated heterocycles. The van der Waals surface area contributed by atoms with Gasteiger partial charge in [0.1, 0.15) is 5.76 Å². The number of guanidine groups is 1. The van der Waals surface area contributed by atoms with E-state index in [0.29, 0.717) is 12.0 Å². The number of hydrogen-bond acceptors (Lipinski definition) is 5. The molecule has 1 aliphatic heterocycles. The highest BCUT2D eigenvalue weighted by Gasteiger charge is 2.21. The lowest BCUT2D eigenvalue weighted by Gasteiger charge is -2.31. The van der Waals surface area contributed by atoms with Gasteiger partial charge in [0, 0.05) is 19.6 Å². The third-order valence-corrected chi connectivity index (χ3v) is 6.31. The van der Waals surface area contributed by atoms with Crippen LogP contribution in [0.15, 0.2) is 9.41 Å². The molecule has 0 aliphatic carbocycles. The predicted molar refractivity (Wildman–Crippen MR) is 125 cm³/mol. The molecule has 1 aromatic rings. The first kappa shape index (κ1) is 24.7. The Morgan fingerprint density at radius 3 is 2.53 bits per heavy atom. The van der Waals surface area contributed by atoms with Gasteiger partial charge in [0.15, 0.2) is 5.96 Å². The monoisotopic (exact) mass is 420 g/mol. The average molecular weight is 421 g/mol. The van der Waals surface area contributed by atoms with Gasteiger partial charge in [0.25, 0.3) is 0 Å². The molecular weight excluding hydrogens is 376 g/mol. The number of nitrogens with one attached hydrogen (secondary N) is 2. The molecule has 0 saturated carbocycles. The average Bonchev–Trinajstić information content (AvgIpc) is 3.06. The van der Waals surface area contributed by atoms with E-state index >= 15 is 0 Å². The SMILES string of the molecule is CCN(CC)CCCC(C)NC(=NC)NCC1CCN(Cc2nc(C)c(C)o2)CC1. The van der Waals surface area contributed by atoms with E-state index in [-0.39, 0.29) is 0 Å². The first-order valence-electron chi connectivity index (χ1n) is 11.8. The summed E-state index contributed by atoms with van der Waals surface area (Å²) in [5.41, 5.74) is 1.00. The molecule has 1 fully saturated rings. The van der Waals surface area contributed by atoms with E-state index in [2.05, 4.69) is 51.2 Å². The Balaban J connectivity index is 1.63. The minimum absolute atomic E-state index is 0.432. The van der Waals surface area contributed by atoms with Gasteiger partial charge in [0.2, 0.25) is 5.89 Å². The van der Waals surface area contributed by atoms with Gasteiger partial charge in [0.05, 0.1) is 12.2 Å². The normalized spacial score (nSPS) is 17.5. The van der Waals surface area contributed by atoms with E-state index in [0.717, 1.165) is 69.0 Å². The van der Waals surface area contributed by atoms with Crippen molar-refractivity contribution < 1.29 is 4.42 Å². The summed E-state index contributed by atoms with van der Waals surface area (Å²) in [4.78, 5) is 13.9. The molecular formula is C23H44N6O. The summed E-state index contributed by atoms with van der Waals surface area (Å²) >= 11 is 0. The molecule has 1 unspecified atom stereocenters. The molecule has 0 amide bonds. The van der Waals surface area contributed by atoms with Crippen LogP contribution < -0.4 is 10.6 Å². The summed E-state index contributed by atoms with van der Waals surface area (Å²) < 4.78 is 5.74. The Bertz CT molecular complexity index is 612. The van der Waals surface area contributed by atoms with Gasteiger partial charge >= 0.3 is 0 Å². The van der Waals surface area contributed by atoms with Crippen molar-refractivity contribution in [1.82, 2.24) is 25.4 Å². The number of aliphatic imine (C=N–C) groups is 1. The fourth-order valence-corrected chi connectivity index (χ4v) is 4.05. The molecule has 0 aromatic carbocycles. The van der Waals surface area contributed by atoms with Crippen molar-refractivity contribution in [2.45, 2.75) is 72.9 Å². The van der Waals surface area contributed by atoms with Crippen LogP contribution in [0.2, 0.25) is 0 Å². The van der Waals surface area contributed by atoms with E-state index in [1.54, 1.807) is 0 Å². The largest absolute Gasteiger partial charge is 0.444 e. The first-order valence-corrected chi connectivity index (χ1v) is 11.8. The maximum atomic E-state index is 5.74. The predicted octanol–water partition coefficient (Wildman–Crippen LogP) is 3.18. The van der Waals surface area contributed by atoms with E-state index in [1.807, 2.05) is 20.9 Å². The van der Waals surface area contributed by atoms with E-state index in [9.17, 15) is 0 Å². The maximum Gasteiger partial charge on any atom is 0.208 e. The Morgan fingerprint density at radius 1 is 1.27 bits per heavy atom. The van der Waals surface area contributed by atoms with Crippen molar-refractivity contribution in [1.29, 1.82) is 0 Å². The fourth-order valence-electron chi connectivity index (χ4n) is 4.05. The van der Waals surface area contributed by atoms with E-state index in [4.69, 9.17) is 4.42 Å². The van der Waals surface area contributed by atoms with Crippen molar-refractivity contribution in [3.8, 4) is 0 Å². The lowest BCUT2D eigenvalue weighted by atomic mass is 9.97. The minimum Gasteiger partial charge on any atom is -0.444 e. The van der Waals surface area contributed by atoms with Gasteiger partial charge in [-0.2, -0.15) is 0 Å². The highest BCUT2D eigenvalue weighted by atomic mass is 16.4. The molecule has 0 radical (unpaired) electrons. The van der Waals surface area contributed by atoms with E-state index < -0.39 is 0 Å². The second-order valence-corrected chi connectivity index (χ2v) is 8.64. The third kappa shape index (κ3) is 8.26. The standard InChI is InChI=1S/C23H44N6O/c1-7-28(8-2)13-9-10-18(3)26-23(24-6)25-16-21-11-14-29(15-12-21)17-22-27-19(4)20(5)30-22/h18,21H,7-17H2,1-6H3,(H2,24,25,26). The fraction of sp³-hybridized carbons (Fsp3) is 0.826. The summed E-state index contributed by atoms with van der Waals surface area (Å²) in [5.74, 6) is 3.40. The summed E-state index contributed by atoms with van der Waals surface area (Å²) in [7, 11) is 1.86. The lowest BCUT2D eigenvalue weighted by molar-refractivity contribution is 0.164. The second-order valence-electron chi connectivity index (χ2n) is 8.64. The molecule has 1 aliphatic rings. The van der Waals surface area contributed by atoms with Crippen LogP contribution in [0, 0.1) is 19.8 Å². The quantitative estimate of drug-likeness (QED) is 0.423. The third-order valence-electron chi connectivity index (χ3n) is 6.31. The number of piperidine rings is 1. The van der Waals surface area contributed by atoms with Crippen LogP contribution in [-0.4, -0.2) is 73.1 Å². The first-order chi connectivity index (χ1) is 14.4. The van der Waals surface area contributed by atoms with Crippen LogP contribution in [0.25, 0.3) is 0 Å². The molecule has 7 nitrogen and oxygen atoms in total. The lowest BCUT2D eigenvalue weighted by Crippen LogP contribution is -2.45. The number of rotatable bonds is 11. The van der Waals surface area contributed by atoms with E-state index in [1.165, 1.54) is 25.8 Å². The molecule has 2 N–H and O–H groups in total. The molecule has 1 atom stereocenters. The Hall–Kier alpha value is -1.60. The van der Waals surface area contributed by atoms with Crippen molar-refractivity contribution in [2.75, 3.05) is 46.3 Å². The highest BCUT2D eigenvalue weighted by Crippen LogP contribution is 2.19. The molecule has 2 rings (SSSR count). The summed E-state index contributed by atoms with van der Waals surface area (Å²) in [6.45, 7) is 18.2. The zero-order valence-corrected chi connectivity index (χ0v) is 20.1. The van der Waals surface area contributed by atoms with Gasteiger partial charge in [-0.3, -0.25) is 9.89 Å². The van der Waals surface area contributed by atoms with Crippen LogP contribution in [0.4, 0.5) is 0 Å². The van der Waals surface area contributed by atoms with Gasteiger partial charge in [-0.25, -0.2) is 4.98 Å². The van der Waals surface area contributed by atoms with Crippen LogP contribution >= 0.6 is 0 Å². The smallest absolute Gasteiger partial charge is 0.208 e. The molecule has 0 bridgehead atoms. The second kappa shape index (κ2) is 13.0. The number of hydrogen-bond donors (Lipinski definition) is 2. The summed E-state index contributed by atoms with van der Waals surface area (Å²) in [6, 6.07) is 0.432. The zero-order chi connectivity index (χ0) is 21.9. The molecule has 7 heteroatoms. The number of likely N-dealkylation sites (tertiary alicyclic amines) is 1. The van der Waals surface area contributed by atoms with Crippen LogP contribution in [0.5, 0.6) is 0 Å². The van der Waals surface area contributed by atoms with Crippen molar-refractivity contribution in [3.05, 3.63) is 17.3 Å². The Labute approximate surface area is 183 Å². The summed E-state index contributed by atoms with van der Waals surface area (Å²) in [5, 5.41) is 7.10. The number of nitrogens with zero attached hydrogens (tertiary/aromatic N) is 4. The van der Waals surface area contributed by atoms with Crippen molar-refractivity contribution >= 4 is 5.96 Å². The number of aromatic nitrogens is 1. The van der Waals surface area contributed by atoms with Crippen LogP contribution in [0.3, 0.4) is 0 Å². The van der Waals surface area contributed by atoms with Crippen LogP contribution in [0.1, 0.15) is 63.8 Å². The van der Waals surface area contributed by atoms with Gasteiger partial charge < -0.3 is 20.0 Å². The molecule has 1 aromatic heterocycles. The summed E-state index contributed by atoms with van der Waals surface area (Å²) in [6.07, 6.45) is 4.77. The maximum absolute atomic E-state index is 5.74. The minimum atomic E-state index is 0.432. The van der Waals surface area contributed by atoms with Gasteiger partial charge in [-0.15, -0.1) is 0 Å². The molecule has 2 heterocycles. The highest BCUT2D eigenvalue weighted by molar-refractivity contribution is 5.79. The van der Waals surface area contributed by atoms with Crippen molar-refractivity contribution in [2.24, 2.45) is 10.9 Å². The Morgan fingerprint density at radius 2 is 1.97 bits per heavy atom. The van der Waals surface area contributed by atoms with Gasteiger partial charge in [-0.05, 0) is 85.1 Å². The van der Waals surface area contributed by atoms with Crippen molar-refractivity contribution in [3.63, 3.8) is 0 Å². The van der Waals surface area contributed by atoms with Crippen LogP contribution in [-0.2, 0) is 6.54 Å². The zero-order valence-electron chi connectivity index (χ0n) is 20.1. The Kier molecular flexibility index (Phi) is 10.6. The number of oxazole rings is 1. The topological polar surface area (TPSA) is 68.9 Å². The number of aryl methyl sites for hydroxylation is 2.